The number of alkyl halides is 3. The molecular weight excluding hydrogens is 442 g/mol. The molecule has 0 radical (unpaired) electrons. The second-order valence-corrected chi connectivity index (χ2v) is 9.12. The number of hydrogen-bond donors (Lipinski definition) is 1. The van der Waals surface area contributed by atoms with Crippen molar-refractivity contribution in [1.29, 1.82) is 0 Å². The Balaban J connectivity index is 1.85. The van der Waals surface area contributed by atoms with Gasteiger partial charge in [0.2, 0.25) is 0 Å². The number of hydrogen-bond acceptors (Lipinski definition) is 1. The summed E-state index contributed by atoms with van der Waals surface area (Å²) in [6.07, 6.45) is -1.40. The minimum atomic E-state index is -4.89. The normalized spacial score (nSPS) is 20.2. The van der Waals surface area contributed by atoms with Crippen LogP contribution in [0.4, 0.5) is 26.3 Å². The molecule has 0 aromatic heterocycles. The maximum absolute atomic E-state index is 15.2. The molecule has 0 spiro atoms. The molecule has 1 saturated carbocycles. The van der Waals surface area contributed by atoms with Crippen molar-refractivity contribution in [3.8, 4) is 0 Å². The van der Waals surface area contributed by atoms with Crippen molar-refractivity contribution in [3.05, 3.63) is 69.5 Å². The van der Waals surface area contributed by atoms with E-state index in [1.807, 2.05) is 0 Å². The second kappa shape index (κ2) is 10.5. The first-order valence-corrected chi connectivity index (χ1v) is 11.6. The Kier molecular flexibility index (Phi) is 8.14. The highest BCUT2D eigenvalue weighted by Crippen LogP contribution is 2.42. The summed E-state index contributed by atoms with van der Waals surface area (Å²) in [6, 6.07) is 5.16. The highest BCUT2D eigenvalue weighted by atomic mass is 19.4. The van der Waals surface area contributed by atoms with Crippen LogP contribution in [0.1, 0.15) is 92.2 Å². The van der Waals surface area contributed by atoms with Gasteiger partial charge in [0.15, 0.2) is 11.6 Å². The van der Waals surface area contributed by atoms with E-state index in [1.54, 1.807) is 0 Å². The van der Waals surface area contributed by atoms with Gasteiger partial charge in [0.05, 0.1) is 11.7 Å². The van der Waals surface area contributed by atoms with Crippen LogP contribution in [0.2, 0.25) is 0 Å². The third-order valence-corrected chi connectivity index (χ3v) is 6.83. The van der Waals surface area contributed by atoms with Crippen LogP contribution in [0.5, 0.6) is 0 Å². The van der Waals surface area contributed by atoms with Gasteiger partial charge in [-0.15, -0.1) is 0 Å². The standard InChI is InChI=1S/C26H30F6O/c1-3-4-16-5-7-17(8-6-16)21-14-11-18(22(24(21)28)26(30,31)32)9-10-19-12-13-20(15(2)33)25(29)23(19)27/h11-17,33H,3-10H2,1-2H3. The minimum absolute atomic E-state index is 0.0968. The summed E-state index contributed by atoms with van der Waals surface area (Å²) in [5, 5.41) is 9.49. The van der Waals surface area contributed by atoms with Crippen molar-refractivity contribution in [1.82, 2.24) is 0 Å². The van der Waals surface area contributed by atoms with E-state index < -0.39 is 35.3 Å². The van der Waals surface area contributed by atoms with Crippen molar-refractivity contribution in [2.75, 3.05) is 0 Å². The minimum Gasteiger partial charge on any atom is -0.389 e. The van der Waals surface area contributed by atoms with Gasteiger partial charge in [-0.05, 0) is 74.0 Å². The molecule has 33 heavy (non-hydrogen) atoms. The van der Waals surface area contributed by atoms with Crippen molar-refractivity contribution in [3.63, 3.8) is 0 Å². The molecule has 182 valence electrons. The van der Waals surface area contributed by atoms with Crippen molar-refractivity contribution in [2.45, 2.75) is 83.4 Å². The number of rotatable bonds is 7. The average Bonchev–Trinajstić information content (AvgIpc) is 2.74. The van der Waals surface area contributed by atoms with E-state index >= 15 is 4.39 Å². The molecule has 0 bridgehead atoms. The Morgan fingerprint density at radius 2 is 1.48 bits per heavy atom. The first-order valence-electron chi connectivity index (χ1n) is 11.6. The number of benzene rings is 2. The first kappa shape index (κ1) is 25.6. The van der Waals surface area contributed by atoms with Gasteiger partial charge in [0.25, 0.3) is 0 Å². The summed E-state index contributed by atoms with van der Waals surface area (Å²) in [7, 11) is 0. The molecule has 0 amide bonds. The molecule has 1 unspecified atom stereocenters. The fraction of sp³-hybridized carbons (Fsp3) is 0.538. The Labute approximate surface area is 190 Å². The zero-order valence-electron chi connectivity index (χ0n) is 18.9. The van der Waals surface area contributed by atoms with Crippen LogP contribution in [-0.2, 0) is 19.0 Å². The van der Waals surface area contributed by atoms with E-state index in [4.69, 9.17) is 0 Å². The summed E-state index contributed by atoms with van der Waals surface area (Å²) >= 11 is 0. The van der Waals surface area contributed by atoms with E-state index in [0.717, 1.165) is 25.7 Å². The van der Waals surface area contributed by atoms with Crippen LogP contribution in [-0.4, -0.2) is 5.11 Å². The summed E-state index contributed by atoms with van der Waals surface area (Å²) in [5.74, 6) is -3.37. The predicted octanol–water partition coefficient (Wildman–Crippen LogP) is 8.04. The molecule has 1 aliphatic rings. The van der Waals surface area contributed by atoms with Crippen molar-refractivity contribution in [2.24, 2.45) is 5.92 Å². The van der Waals surface area contributed by atoms with Crippen molar-refractivity contribution >= 4 is 0 Å². The molecule has 1 aliphatic carbocycles. The topological polar surface area (TPSA) is 20.2 Å². The average molecular weight is 473 g/mol. The Hall–Kier alpha value is -2.02. The fourth-order valence-electron chi connectivity index (χ4n) is 5.02. The Morgan fingerprint density at radius 3 is 2.06 bits per heavy atom. The summed E-state index contributed by atoms with van der Waals surface area (Å²) < 4.78 is 85.2. The zero-order valence-corrected chi connectivity index (χ0v) is 18.9. The first-order chi connectivity index (χ1) is 15.5. The Bertz CT molecular complexity index is 958. The van der Waals surface area contributed by atoms with Crippen LogP contribution in [0.3, 0.4) is 0 Å². The molecule has 0 heterocycles. The lowest BCUT2D eigenvalue weighted by molar-refractivity contribution is -0.140. The van der Waals surface area contributed by atoms with E-state index in [1.165, 1.54) is 31.2 Å². The van der Waals surface area contributed by atoms with Gasteiger partial charge >= 0.3 is 6.18 Å². The summed E-state index contributed by atoms with van der Waals surface area (Å²) in [4.78, 5) is 0. The monoisotopic (exact) mass is 472 g/mol. The Morgan fingerprint density at radius 1 is 0.879 bits per heavy atom. The van der Waals surface area contributed by atoms with Gasteiger partial charge < -0.3 is 5.11 Å². The van der Waals surface area contributed by atoms with Gasteiger partial charge in [-0.25, -0.2) is 13.2 Å². The fourth-order valence-corrected chi connectivity index (χ4v) is 5.02. The SMILES string of the molecule is CCCC1CCC(c2ccc(CCc3ccc(C(C)O)c(F)c3F)c(C(F)(F)F)c2F)CC1. The molecule has 2 aromatic carbocycles. The largest absolute Gasteiger partial charge is 0.419 e. The molecule has 1 nitrogen and oxygen atoms in total. The molecule has 1 fully saturated rings. The number of aliphatic hydroxyl groups is 1. The van der Waals surface area contributed by atoms with E-state index in [-0.39, 0.29) is 41.0 Å². The van der Waals surface area contributed by atoms with Crippen LogP contribution in [0.15, 0.2) is 24.3 Å². The van der Waals surface area contributed by atoms with Crippen LogP contribution in [0, 0.1) is 23.4 Å². The lowest BCUT2D eigenvalue weighted by atomic mass is 9.76. The van der Waals surface area contributed by atoms with Gasteiger partial charge in [-0.3, -0.25) is 0 Å². The summed E-state index contributed by atoms with van der Waals surface area (Å²) in [5.41, 5.74) is -1.83. The van der Waals surface area contributed by atoms with Crippen LogP contribution in [0.25, 0.3) is 0 Å². The van der Waals surface area contributed by atoms with Crippen LogP contribution >= 0.6 is 0 Å². The van der Waals surface area contributed by atoms with Crippen molar-refractivity contribution < 1.29 is 31.4 Å². The third kappa shape index (κ3) is 5.73. The lowest BCUT2D eigenvalue weighted by Crippen LogP contribution is -2.19. The van der Waals surface area contributed by atoms with Crippen LogP contribution < -0.4 is 0 Å². The lowest BCUT2D eigenvalue weighted by Gasteiger charge is -2.29. The molecule has 1 N–H and O–H groups in total. The third-order valence-electron chi connectivity index (χ3n) is 6.83. The van der Waals surface area contributed by atoms with E-state index in [2.05, 4.69) is 6.92 Å². The van der Waals surface area contributed by atoms with Gasteiger partial charge in [0, 0.05) is 5.56 Å². The molecule has 3 rings (SSSR count). The highest BCUT2D eigenvalue weighted by molar-refractivity contribution is 5.39. The molecule has 0 aliphatic heterocycles. The maximum atomic E-state index is 15.2. The van der Waals surface area contributed by atoms with E-state index in [9.17, 15) is 27.1 Å². The molecule has 1 atom stereocenters. The maximum Gasteiger partial charge on any atom is 0.419 e. The highest BCUT2D eigenvalue weighted by Gasteiger charge is 2.39. The smallest absolute Gasteiger partial charge is 0.389 e. The predicted molar refractivity (Wildman–Crippen MR) is 115 cm³/mol. The van der Waals surface area contributed by atoms with Gasteiger partial charge in [-0.1, -0.05) is 44.0 Å². The number of aryl methyl sites for hydroxylation is 2. The van der Waals surface area contributed by atoms with Gasteiger partial charge in [0.1, 0.15) is 5.82 Å². The summed E-state index contributed by atoms with van der Waals surface area (Å²) in [6.45, 7) is 3.38. The van der Waals surface area contributed by atoms with E-state index in [0.29, 0.717) is 18.8 Å². The molecule has 0 saturated heterocycles. The number of aliphatic hydroxyl groups excluding tert-OH is 1. The number of halogens is 6. The van der Waals surface area contributed by atoms with Gasteiger partial charge in [-0.2, -0.15) is 13.2 Å². The molecule has 7 heteroatoms. The molecule has 2 aromatic rings. The second-order valence-electron chi connectivity index (χ2n) is 9.12. The molecular formula is C26H30F6O. The zero-order chi connectivity index (χ0) is 24.3. The quantitative estimate of drug-likeness (QED) is 0.405.